The molecule has 2 aliphatic rings. The van der Waals surface area contributed by atoms with Crippen LogP contribution in [0.4, 0.5) is 0 Å². The number of benzene rings is 1. The van der Waals surface area contributed by atoms with Crippen LogP contribution in [0.15, 0.2) is 18.2 Å². The summed E-state index contributed by atoms with van der Waals surface area (Å²) < 4.78 is 16.4. The van der Waals surface area contributed by atoms with Crippen molar-refractivity contribution in [2.45, 2.75) is 5.37 Å². The second-order valence-electron chi connectivity index (χ2n) is 4.99. The van der Waals surface area contributed by atoms with Crippen LogP contribution in [0, 0.1) is 0 Å². The van der Waals surface area contributed by atoms with Gasteiger partial charge in [-0.2, -0.15) is 0 Å². The van der Waals surface area contributed by atoms with Gasteiger partial charge in [0.25, 0.3) is 0 Å². The van der Waals surface area contributed by atoms with E-state index in [-0.39, 0.29) is 17.9 Å². The number of amides is 1. The molecule has 1 saturated heterocycles. The molecule has 6 nitrogen and oxygen atoms in total. The summed E-state index contributed by atoms with van der Waals surface area (Å²) in [6.07, 6.45) is 0. The molecule has 1 aromatic rings. The van der Waals surface area contributed by atoms with Crippen LogP contribution in [0.3, 0.4) is 0 Å². The summed E-state index contributed by atoms with van der Waals surface area (Å²) in [6.45, 7) is 2.35. The third kappa shape index (κ3) is 3.31. The second-order valence-corrected chi connectivity index (χ2v) is 6.06. The first-order chi connectivity index (χ1) is 10.8. The maximum Gasteiger partial charge on any atom is 0.233 e. The molecule has 0 spiro atoms. The van der Waals surface area contributed by atoms with Crippen molar-refractivity contribution in [1.82, 2.24) is 4.90 Å². The normalized spacial score (nSPS) is 20.5. The van der Waals surface area contributed by atoms with Crippen molar-refractivity contribution >= 4 is 17.7 Å². The minimum Gasteiger partial charge on any atom is -0.486 e. The minimum absolute atomic E-state index is 0.00567. The molecule has 1 amide bonds. The fourth-order valence-corrected chi connectivity index (χ4v) is 3.72. The first kappa shape index (κ1) is 15.5. The number of thioether (sulfide) groups is 1. The zero-order valence-electron chi connectivity index (χ0n) is 12.2. The van der Waals surface area contributed by atoms with E-state index in [0.29, 0.717) is 38.7 Å². The van der Waals surface area contributed by atoms with Crippen LogP contribution in [-0.2, 0) is 9.53 Å². The highest BCUT2D eigenvalue weighted by Gasteiger charge is 2.33. The minimum atomic E-state index is -0.0268. The van der Waals surface area contributed by atoms with E-state index in [4.69, 9.17) is 19.3 Å². The number of ether oxygens (including phenoxy) is 3. The fourth-order valence-electron chi connectivity index (χ4n) is 2.52. The maximum atomic E-state index is 12.1. The van der Waals surface area contributed by atoms with Gasteiger partial charge in [-0.1, -0.05) is 6.07 Å². The predicted molar refractivity (Wildman–Crippen MR) is 82.2 cm³/mol. The zero-order chi connectivity index (χ0) is 15.4. The van der Waals surface area contributed by atoms with Crippen molar-refractivity contribution in [1.29, 1.82) is 0 Å². The van der Waals surface area contributed by atoms with Crippen LogP contribution in [-0.4, -0.2) is 61.2 Å². The van der Waals surface area contributed by atoms with Crippen molar-refractivity contribution in [2.75, 3.05) is 45.3 Å². The third-order valence-corrected chi connectivity index (χ3v) is 4.79. The number of carbonyl (C=O) groups excluding carboxylic acids is 1. The maximum absolute atomic E-state index is 12.1. The lowest BCUT2D eigenvalue weighted by molar-refractivity contribution is -0.128. The number of aliphatic hydroxyl groups is 1. The highest BCUT2D eigenvalue weighted by Crippen LogP contribution is 2.41. The van der Waals surface area contributed by atoms with Gasteiger partial charge < -0.3 is 24.2 Å². The molecular formula is C15H19NO5S. The molecule has 3 rings (SSSR count). The van der Waals surface area contributed by atoms with E-state index in [1.165, 1.54) is 0 Å². The number of hydrogen-bond acceptors (Lipinski definition) is 6. The Kier molecular flexibility index (Phi) is 5.07. The molecule has 1 atom stereocenters. The summed E-state index contributed by atoms with van der Waals surface area (Å²) in [4.78, 5) is 13.9. The molecule has 2 aliphatic heterocycles. The molecule has 2 heterocycles. The van der Waals surface area contributed by atoms with Crippen molar-refractivity contribution in [3.8, 4) is 11.5 Å². The van der Waals surface area contributed by atoms with Crippen LogP contribution < -0.4 is 9.47 Å². The lowest BCUT2D eigenvalue weighted by atomic mass is 10.1. The Morgan fingerprint density at radius 3 is 2.91 bits per heavy atom. The summed E-state index contributed by atoms with van der Waals surface area (Å²) in [6, 6.07) is 5.82. The van der Waals surface area contributed by atoms with E-state index < -0.39 is 0 Å². The topological polar surface area (TPSA) is 68.2 Å². The molecule has 1 aromatic carbocycles. The highest BCUT2D eigenvalue weighted by atomic mass is 32.2. The molecule has 22 heavy (non-hydrogen) atoms. The van der Waals surface area contributed by atoms with Crippen LogP contribution in [0.2, 0.25) is 0 Å². The summed E-state index contributed by atoms with van der Waals surface area (Å²) in [7, 11) is 0. The van der Waals surface area contributed by atoms with E-state index >= 15 is 0 Å². The predicted octanol–water partition coefficient (Wildman–Crippen LogP) is 1.04. The number of hydrogen-bond donors (Lipinski definition) is 1. The Morgan fingerprint density at radius 2 is 2.09 bits per heavy atom. The lowest BCUT2D eigenvalue weighted by Crippen LogP contribution is -2.31. The van der Waals surface area contributed by atoms with Crippen molar-refractivity contribution in [3.63, 3.8) is 0 Å². The van der Waals surface area contributed by atoms with Gasteiger partial charge in [0.05, 0.1) is 25.6 Å². The molecular weight excluding hydrogens is 306 g/mol. The quantitative estimate of drug-likeness (QED) is 0.788. The van der Waals surface area contributed by atoms with Crippen LogP contribution >= 0.6 is 11.8 Å². The summed E-state index contributed by atoms with van der Waals surface area (Å²) in [5.74, 6) is 2.07. The van der Waals surface area contributed by atoms with Crippen LogP contribution in [0.25, 0.3) is 0 Å². The molecule has 1 N–H and O–H groups in total. The summed E-state index contributed by atoms with van der Waals surface area (Å²) in [5.41, 5.74) is 1.03. The van der Waals surface area contributed by atoms with E-state index in [2.05, 4.69) is 0 Å². The average molecular weight is 325 g/mol. The van der Waals surface area contributed by atoms with Gasteiger partial charge in [0, 0.05) is 6.54 Å². The molecule has 0 aliphatic carbocycles. The van der Waals surface area contributed by atoms with Gasteiger partial charge in [-0.3, -0.25) is 4.79 Å². The number of carbonyl (C=O) groups is 1. The van der Waals surface area contributed by atoms with Crippen molar-refractivity contribution in [2.24, 2.45) is 0 Å². The molecule has 120 valence electrons. The lowest BCUT2D eigenvalue weighted by Gasteiger charge is -2.26. The number of nitrogens with zero attached hydrogens (tertiary/aromatic N) is 1. The van der Waals surface area contributed by atoms with Crippen LogP contribution in [0.5, 0.6) is 11.5 Å². The standard InChI is InChI=1S/C15H19NO5S/c17-4-6-19-5-3-16-14(18)10-22-15(16)11-1-2-12-13(9-11)21-8-7-20-12/h1-2,9,15,17H,3-8,10H2. The van der Waals surface area contributed by atoms with E-state index in [1.807, 2.05) is 23.1 Å². The SMILES string of the molecule is O=C1CSC(c2ccc3c(c2)OCCO3)N1CCOCCO. The third-order valence-electron chi connectivity index (χ3n) is 3.53. The zero-order valence-corrected chi connectivity index (χ0v) is 13.0. The molecule has 1 fully saturated rings. The van der Waals surface area contributed by atoms with E-state index in [0.717, 1.165) is 17.1 Å². The Hall–Kier alpha value is -1.44. The smallest absolute Gasteiger partial charge is 0.233 e. The van der Waals surface area contributed by atoms with Gasteiger partial charge in [0.2, 0.25) is 5.91 Å². The van der Waals surface area contributed by atoms with Gasteiger partial charge in [-0.15, -0.1) is 11.8 Å². The first-order valence-corrected chi connectivity index (χ1v) is 8.33. The molecule has 0 radical (unpaired) electrons. The Morgan fingerprint density at radius 1 is 1.27 bits per heavy atom. The highest BCUT2D eigenvalue weighted by molar-refractivity contribution is 8.00. The van der Waals surface area contributed by atoms with Gasteiger partial charge in [0.15, 0.2) is 11.5 Å². The Labute approximate surface area is 133 Å². The van der Waals surface area contributed by atoms with Crippen LogP contribution in [0.1, 0.15) is 10.9 Å². The van der Waals surface area contributed by atoms with E-state index in [9.17, 15) is 4.79 Å². The van der Waals surface area contributed by atoms with Gasteiger partial charge in [-0.05, 0) is 17.7 Å². The summed E-state index contributed by atoms with van der Waals surface area (Å²) >= 11 is 1.60. The Bertz CT molecular complexity index is 539. The van der Waals surface area contributed by atoms with Crippen molar-refractivity contribution < 1.29 is 24.1 Å². The average Bonchev–Trinajstić information content (AvgIpc) is 2.92. The molecule has 0 aromatic heterocycles. The number of fused-ring (bicyclic) bond motifs is 1. The molecule has 0 bridgehead atoms. The van der Waals surface area contributed by atoms with Gasteiger partial charge in [0.1, 0.15) is 18.6 Å². The Balaban J connectivity index is 1.70. The van der Waals surface area contributed by atoms with Crippen molar-refractivity contribution in [3.05, 3.63) is 23.8 Å². The molecule has 1 unspecified atom stereocenters. The van der Waals surface area contributed by atoms with E-state index in [1.54, 1.807) is 11.8 Å². The molecule has 0 saturated carbocycles. The first-order valence-electron chi connectivity index (χ1n) is 7.29. The van der Waals surface area contributed by atoms with Gasteiger partial charge in [-0.25, -0.2) is 0 Å². The largest absolute Gasteiger partial charge is 0.486 e. The second kappa shape index (κ2) is 7.21. The summed E-state index contributed by atoms with van der Waals surface area (Å²) in [5, 5.41) is 8.69. The molecule has 7 heteroatoms. The number of aliphatic hydroxyl groups excluding tert-OH is 1. The number of rotatable bonds is 6. The van der Waals surface area contributed by atoms with Gasteiger partial charge >= 0.3 is 0 Å². The monoisotopic (exact) mass is 325 g/mol. The fraction of sp³-hybridized carbons (Fsp3) is 0.533.